The fourth-order valence-electron chi connectivity index (χ4n) is 5.57. The van der Waals surface area contributed by atoms with Crippen molar-refractivity contribution in [1.29, 1.82) is 0 Å². The van der Waals surface area contributed by atoms with Gasteiger partial charge in [-0.3, -0.25) is 13.9 Å². The van der Waals surface area contributed by atoms with Gasteiger partial charge in [-0.05, 0) is 74.4 Å². The first-order valence-corrected chi connectivity index (χ1v) is 18.0. The average Bonchev–Trinajstić information content (AvgIpc) is 3.05. The van der Waals surface area contributed by atoms with Gasteiger partial charge in [0.15, 0.2) is 0 Å². The van der Waals surface area contributed by atoms with Gasteiger partial charge in [-0.25, -0.2) is 8.42 Å². The van der Waals surface area contributed by atoms with E-state index in [4.69, 9.17) is 4.74 Å². The molecule has 0 saturated heterocycles. The van der Waals surface area contributed by atoms with Crippen LogP contribution in [0.3, 0.4) is 0 Å². The quantitative estimate of drug-likeness (QED) is 0.210. The number of nitrogens with one attached hydrogen (secondary N) is 1. The van der Waals surface area contributed by atoms with Gasteiger partial charge in [0.2, 0.25) is 11.8 Å². The third-order valence-electron chi connectivity index (χ3n) is 7.89. The van der Waals surface area contributed by atoms with Crippen LogP contribution < -0.4 is 14.4 Å². The highest BCUT2D eigenvalue weighted by atomic mass is 32.2. The van der Waals surface area contributed by atoms with Crippen molar-refractivity contribution in [2.24, 2.45) is 0 Å². The topological polar surface area (TPSA) is 96.0 Å². The van der Waals surface area contributed by atoms with Gasteiger partial charge >= 0.3 is 0 Å². The number of anilines is 1. The molecule has 44 heavy (non-hydrogen) atoms. The maximum absolute atomic E-state index is 14.4. The summed E-state index contributed by atoms with van der Waals surface area (Å²) >= 11 is 1.51. The number of hydrogen-bond acceptors (Lipinski definition) is 6. The van der Waals surface area contributed by atoms with Gasteiger partial charge in [0.05, 0.1) is 17.2 Å². The Morgan fingerprint density at radius 1 is 0.932 bits per heavy atom. The Labute approximate surface area is 266 Å². The molecule has 0 aromatic heterocycles. The zero-order valence-corrected chi connectivity index (χ0v) is 27.4. The van der Waals surface area contributed by atoms with Crippen LogP contribution in [0.5, 0.6) is 5.75 Å². The molecule has 10 heteroatoms. The summed E-state index contributed by atoms with van der Waals surface area (Å²) in [4.78, 5) is 30.6. The maximum atomic E-state index is 14.4. The molecule has 8 nitrogen and oxygen atoms in total. The standard InChI is InChI=1S/C34H43N3O5S2/c1-4-30(34(39)35-27-16-10-7-11-17-27)36(24-26-14-8-6-9-15-26)33(38)25-37(31-18-12-13-19-32(31)42-5-2)44(40,41)29-22-20-28(43-3)21-23-29/h6,8-9,12-15,18-23,27,30H,4-5,7,10-11,16-17,24-25H2,1-3H3,(H,35,39)/t30-/m1/s1. The zero-order valence-electron chi connectivity index (χ0n) is 25.8. The maximum Gasteiger partial charge on any atom is 0.264 e. The summed E-state index contributed by atoms with van der Waals surface area (Å²) in [6.07, 6.45) is 7.44. The van der Waals surface area contributed by atoms with Crippen molar-refractivity contribution in [2.75, 3.05) is 23.7 Å². The average molecular weight is 638 g/mol. The van der Waals surface area contributed by atoms with Gasteiger partial charge in [-0.15, -0.1) is 11.8 Å². The number of carbonyl (C=O) groups is 2. The molecule has 1 aliphatic carbocycles. The highest BCUT2D eigenvalue weighted by Crippen LogP contribution is 2.33. The normalized spacial score (nSPS) is 14.4. The van der Waals surface area contributed by atoms with E-state index >= 15 is 0 Å². The number of benzene rings is 3. The summed E-state index contributed by atoms with van der Waals surface area (Å²) in [6, 6.07) is 22.2. The molecule has 0 bridgehead atoms. The molecule has 0 aliphatic heterocycles. The lowest BCUT2D eigenvalue weighted by atomic mass is 9.95. The van der Waals surface area contributed by atoms with Gasteiger partial charge < -0.3 is 15.0 Å². The minimum Gasteiger partial charge on any atom is -0.492 e. The fourth-order valence-corrected chi connectivity index (χ4v) is 7.41. The summed E-state index contributed by atoms with van der Waals surface area (Å²) in [5.41, 5.74) is 1.11. The molecule has 0 radical (unpaired) electrons. The van der Waals surface area contributed by atoms with Crippen molar-refractivity contribution >= 4 is 39.3 Å². The predicted octanol–water partition coefficient (Wildman–Crippen LogP) is 6.26. The molecule has 4 rings (SSSR count). The molecule has 2 amide bonds. The first kappa shape index (κ1) is 33.4. The molecule has 3 aromatic rings. The third-order valence-corrected chi connectivity index (χ3v) is 10.4. The highest BCUT2D eigenvalue weighted by molar-refractivity contribution is 7.98. The van der Waals surface area contributed by atoms with Crippen LogP contribution in [0.2, 0.25) is 0 Å². The molecule has 0 spiro atoms. The van der Waals surface area contributed by atoms with Gasteiger partial charge in [-0.1, -0.05) is 68.7 Å². The number of rotatable bonds is 14. The molecule has 1 saturated carbocycles. The second-order valence-corrected chi connectivity index (χ2v) is 13.6. The van der Waals surface area contributed by atoms with E-state index in [-0.39, 0.29) is 29.1 Å². The Bertz CT molecular complexity index is 1480. The van der Waals surface area contributed by atoms with Crippen LogP contribution in [0.25, 0.3) is 0 Å². The van der Waals surface area contributed by atoms with Gasteiger partial charge in [0.1, 0.15) is 18.3 Å². The number of hydrogen-bond donors (Lipinski definition) is 1. The number of nitrogens with zero attached hydrogens (tertiary/aromatic N) is 2. The molecule has 1 aliphatic rings. The Kier molecular flexibility index (Phi) is 12.1. The zero-order chi connectivity index (χ0) is 31.5. The number of thioether (sulfide) groups is 1. The van der Waals surface area contributed by atoms with Crippen LogP contribution in [0.4, 0.5) is 5.69 Å². The summed E-state index contributed by atoms with van der Waals surface area (Å²) < 4.78 is 35.4. The molecular weight excluding hydrogens is 595 g/mol. The lowest BCUT2D eigenvalue weighted by Crippen LogP contribution is -2.54. The third kappa shape index (κ3) is 8.35. The van der Waals surface area contributed by atoms with Crippen molar-refractivity contribution in [3.05, 3.63) is 84.4 Å². The number of sulfonamides is 1. The molecule has 0 heterocycles. The second-order valence-electron chi connectivity index (χ2n) is 10.9. The molecule has 236 valence electrons. The van der Waals surface area contributed by atoms with Gasteiger partial charge in [0, 0.05) is 17.5 Å². The van der Waals surface area contributed by atoms with Crippen molar-refractivity contribution in [3.8, 4) is 5.75 Å². The van der Waals surface area contributed by atoms with Crippen LogP contribution >= 0.6 is 11.8 Å². The van der Waals surface area contributed by atoms with Crippen LogP contribution in [-0.2, 0) is 26.2 Å². The molecule has 3 aromatic carbocycles. The Balaban J connectivity index is 1.73. The van der Waals surface area contributed by atoms with Crippen LogP contribution in [0, 0.1) is 0 Å². The van der Waals surface area contributed by atoms with E-state index in [9.17, 15) is 18.0 Å². The number of carbonyl (C=O) groups excluding carboxylic acids is 2. The summed E-state index contributed by atoms with van der Waals surface area (Å²) in [6.45, 7) is 3.68. The van der Waals surface area contributed by atoms with E-state index in [1.165, 1.54) is 16.7 Å². The van der Waals surface area contributed by atoms with Crippen molar-refractivity contribution in [3.63, 3.8) is 0 Å². The summed E-state index contributed by atoms with van der Waals surface area (Å²) in [5.74, 6) is -0.334. The van der Waals surface area contributed by atoms with E-state index in [2.05, 4.69) is 5.32 Å². The SMILES string of the molecule is CCOc1ccccc1N(CC(=O)N(Cc1ccccc1)[C@H](CC)C(=O)NC1CCCCC1)S(=O)(=O)c1ccc(SC)cc1. The van der Waals surface area contributed by atoms with Gasteiger partial charge in [-0.2, -0.15) is 0 Å². The lowest BCUT2D eigenvalue weighted by Gasteiger charge is -2.34. The molecule has 0 unspecified atom stereocenters. The fraction of sp³-hybridized carbons (Fsp3) is 0.412. The van der Waals surface area contributed by atoms with Crippen molar-refractivity contribution in [2.45, 2.75) is 80.8 Å². The largest absolute Gasteiger partial charge is 0.492 e. The van der Waals surface area contributed by atoms with Crippen LogP contribution in [0.1, 0.15) is 57.9 Å². The second kappa shape index (κ2) is 16.0. The summed E-state index contributed by atoms with van der Waals surface area (Å²) in [7, 11) is -4.20. The highest BCUT2D eigenvalue weighted by Gasteiger charge is 2.35. The Morgan fingerprint density at radius 2 is 1.59 bits per heavy atom. The number of amides is 2. The molecular formula is C34H43N3O5S2. The lowest BCUT2D eigenvalue weighted by molar-refractivity contribution is -0.140. The summed E-state index contributed by atoms with van der Waals surface area (Å²) in [5, 5.41) is 3.18. The smallest absolute Gasteiger partial charge is 0.264 e. The minimum atomic E-state index is -4.20. The Hall–Kier alpha value is -3.50. The van der Waals surface area contributed by atoms with E-state index in [0.29, 0.717) is 18.8 Å². The van der Waals surface area contributed by atoms with E-state index in [0.717, 1.165) is 46.9 Å². The van der Waals surface area contributed by atoms with E-state index < -0.39 is 28.5 Å². The Morgan fingerprint density at radius 3 is 2.23 bits per heavy atom. The van der Waals surface area contributed by atoms with E-state index in [1.807, 2.05) is 50.4 Å². The van der Waals surface area contributed by atoms with Crippen molar-refractivity contribution in [1.82, 2.24) is 10.2 Å². The first-order valence-electron chi connectivity index (χ1n) is 15.3. The van der Waals surface area contributed by atoms with Crippen LogP contribution in [0.15, 0.2) is 88.7 Å². The van der Waals surface area contributed by atoms with Crippen LogP contribution in [-0.4, -0.2) is 56.6 Å². The molecule has 1 atom stereocenters. The number of para-hydroxylation sites is 2. The van der Waals surface area contributed by atoms with E-state index in [1.54, 1.807) is 48.5 Å². The predicted molar refractivity (Wildman–Crippen MR) is 176 cm³/mol. The molecule has 1 fully saturated rings. The van der Waals surface area contributed by atoms with Crippen molar-refractivity contribution < 1.29 is 22.7 Å². The minimum absolute atomic E-state index is 0.0612. The molecule has 1 N–H and O–H groups in total. The van der Waals surface area contributed by atoms with Gasteiger partial charge in [0.25, 0.3) is 10.0 Å². The first-order chi connectivity index (χ1) is 21.3. The monoisotopic (exact) mass is 637 g/mol. The number of ether oxygens (including phenoxy) is 1.